The highest BCUT2D eigenvalue weighted by Gasteiger charge is 2.35. The molecular weight excluding hydrogens is 746 g/mol. The molecule has 11 heteroatoms. The quantitative estimate of drug-likeness (QED) is 0.145. The lowest BCUT2D eigenvalue weighted by atomic mass is 10.0. The molecule has 0 aliphatic heterocycles. The SMILES string of the molecule is CC[C@@H](C)NC(=O)[C@H](Cc1ccccc1)N(Cc1ccc(Br)cc1)C(=O)CN(c1ccc(C)cc1)S(=O)(=O)c1ccc(OC)c(Br)c1. The molecule has 0 heterocycles. The zero-order valence-electron chi connectivity index (χ0n) is 26.8. The lowest BCUT2D eigenvalue weighted by Crippen LogP contribution is -2.54. The highest BCUT2D eigenvalue weighted by molar-refractivity contribution is 9.10. The predicted octanol–water partition coefficient (Wildman–Crippen LogP) is 7.28. The third-order valence-electron chi connectivity index (χ3n) is 7.85. The second kappa shape index (κ2) is 16.4. The van der Waals surface area contributed by atoms with Gasteiger partial charge in [0.05, 0.1) is 22.2 Å². The molecule has 4 rings (SSSR count). The van der Waals surface area contributed by atoms with Gasteiger partial charge >= 0.3 is 0 Å². The molecule has 0 saturated heterocycles. The number of hydrogen-bond acceptors (Lipinski definition) is 5. The highest BCUT2D eigenvalue weighted by atomic mass is 79.9. The normalized spacial score (nSPS) is 12.6. The number of hydrogen-bond donors (Lipinski definition) is 1. The Labute approximate surface area is 294 Å². The van der Waals surface area contributed by atoms with Crippen LogP contribution in [-0.4, -0.2) is 50.9 Å². The number of carbonyl (C=O) groups is 2. The average Bonchev–Trinajstić information content (AvgIpc) is 3.06. The fourth-order valence-corrected chi connectivity index (χ4v) is 7.35. The first-order chi connectivity index (χ1) is 22.4. The Morgan fingerprint density at radius 2 is 1.55 bits per heavy atom. The minimum absolute atomic E-state index is 0.0200. The van der Waals surface area contributed by atoms with E-state index in [-0.39, 0.29) is 29.8 Å². The number of ether oxygens (including phenoxy) is 1. The second-order valence-corrected chi connectivity index (χ2v) is 14.9. The van der Waals surface area contributed by atoms with E-state index < -0.39 is 28.5 Å². The molecule has 47 heavy (non-hydrogen) atoms. The Bertz CT molecular complexity index is 1770. The van der Waals surface area contributed by atoms with Crippen molar-refractivity contribution < 1.29 is 22.7 Å². The molecule has 4 aromatic rings. The van der Waals surface area contributed by atoms with Crippen molar-refractivity contribution in [3.63, 3.8) is 0 Å². The molecule has 0 unspecified atom stereocenters. The Morgan fingerprint density at radius 1 is 0.894 bits per heavy atom. The first-order valence-corrected chi connectivity index (χ1v) is 18.3. The summed E-state index contributed by atoms with van der Waals surface area (Å²) in [6.45, 7) is 5.35. The zero-order valence-corrected chi connectivity index (χ0v) is 30.8. The van der Waals surface area contributed by atoms with Crippen LogP contribution < -0.4 is 14.4 Å². The van der Waals surface area contributed by atoms with Crippen molar-refractivity contribution in [2.75, 3.05) is 18.0 Å². The summed E-state index contributed by atoms with van der Waals surface area (Å²) < 4.78 is 36.4. The Morgan fingerprint density at radius 3 is 2.15 bits per heavy atom. The van der Waals surface area contributed by atoms with E-state index in [9.17, 15) is 18.0 Å². The van der Waals surface area contributed by atoms with E-state index in [1.165, 1.54) is 24.1 Å². The van der Waals surface area contributed by atoms with E-state index >= 15 is 0 Å². The van der Waals surface area contributed by atoms with Crippen molar-refractivity contribution in [1.29, 1.82) is 0 Å². The van der Waals surface area contributed by atoms with E-state index in [2.05, 4.69) is 37.2 Å². The van der Waals surface area contributed by atoms with Gasteiger partial charge in [0.1, 0.15) is 18.3 Å². The van der Waals surface area contributed by atoms with Gasteiger partial charge in [0.15, 0.2) is 0 Å². The van der Waals surface area contributed by atoms with Gasteiger partial charge in [0, 0.05) is 23.5 Å². The lowest BCUT2D eigenvalue weighted by molar-refractivity contribution is -0.140. The van der Waals surface area contributed by atoms with Gasteiger partial charge in [-0.25, -0.2) is 8.42 Å². The predicted molar refractivity (Wildman–Crippen MR) is 193 cm³/mol. The number of carbonyl (C=O) groups excluding carboxylic acids is 2. The minimum atomic E-state index is -4.26. The molecule has 0 spiro atoms. The number of anilines is 1. The van der Waals surface area contributed by atoms with Crippen LogP contribution in [0.3, 0.4) is 0 Å². The topological polar surface area (TPSA) is 96.0 Å². The summed E-state index contributed by atoms with van der Waals surface area (Å²) in [4.78, 5) is 30.0. The summed E-state index contributed by atoms with van der Waals surface area (Å²) in [5, 5.41) is 3.06. The molecular formula is C36H39Br2N3O5S. The largest absolute Gasteiger partial charge is 0.496 e. The number of rotatable bonds is 14. The Balaban J connectivity index is 1.81. The van der Waals surface area contributed by atoms with E-state index in [4.69, 9.17) is 4.74 Å². The molecule has 8 nitrogen and oxygen atoms in total. The molecule has 2 atom stereocenters. The van der Waals surface area contributed by atoms with Crippen LogP contribution in [0.1, 0.15) is 37.0 Å². The molecule has 0 aliphatic rings. The second-order valence-electron chi connectivity index (χ2n) is 11.3. The number of nitrogens with zero attached hydrogens (tertiary/aromatic N) is 2. The van der Waals surface area contributed by atoms with Gasteiger partial charge < -0.3 is 15.0 Å². The van der Waals surface area contributed by atoms with Gasteiger partial charge in [-0.15, -0.1) is 0 Å². The molecule has 0 aliphatic carbocycles. The van der Waals surface area contributed by atoms with Gasteiger partial charge in [0.25, 0.3) is 10.0 Å². The smallest absolute Gasteiger partial charge is 0.264 e. The highest BCUT2D eigenvalue weighted by Crippen LogP contribution is 2.31. The van der Waals surface area contributed by atoms with Crippen LogP contribution in [0.5, 0.6) is 5.75 Å². The maximum Gasteiger partial charge on any atom is 0.264 e. The number of sulfonamides is 1. The van der Waals surface area contributed by atoms with Crippen molar-refractivity contribution >= 4 is 59.4 Å². The molecule has 4 aromatic carbocycles. The average molecular weight is 786 g/mol. The Kier molecular flexibility index (Phi) is 12.6. The summed E-state index contributed by atoms with van der Waals surface area (Å²) in [7, 11) is -2.76. The van der Waals surface area contributed by atoms with Gasteiger partial charge in [0.2, 0.25) is 11.8 Å². The van der Waals surface area contributed by atoms with Gasteiger partial charge in [-0.2, -0.15) is 0 Å². The third kappa shape index (κ3) is 9.46. The van der Waals surface area contributed by atoms with Crippen molar-refractivity contribution in [3.05, 3.63) is 123 Å². The molecule has 1 N–H and O–H groups in total. The van der Waals surface area contributed by atoms with Gasteiger partial charge in [-0.1, -0.05) is 83.0 Å². The maximum absolute atomic E-state index is 14.6. The van der Waals surface area contributed by atoms with Crippen molar-refractivity contribution in [2.45, 2.75) is 57.1 Å². The van der Waals surface area contributed by atoms with E-state index in [1.807, 2.05) is 75.4 Å². The summed E-state index contributed by atoms with van der Waals surface area (Å²) in [6.07, 6.45) is 0.954. The summed E-state index contributed by atoms with van der Waals surface area (Å²) in [6, 6.07) is 27.3. The van der Waals surface area contributed by atoms with Crippen LogP contribution in [0.25, 0.3) is 0 Å². The number of nitrogens with one attached hydrogen (secondary N) is 1. The zero-order chi connectivity index (χ0) is 34.1. The van der Waals surface area contributed by atoms with Crippen molar-refractivity contribution in [3.8, 4) is 5.75 Å². The fraction of sp³-hybridized carbons (Fsp3) is 0.278. The van der Waals surface area contributed by atoms with E-state index in [0.29, 0.717) is 22.3 Å². The fourth-order valence-electron chi connectivity index (χ4n) is 4.96. The van der Waals surface area contributed by atoms with Crippen LogP contribution >= 0.6 is 31.9 Å². The van der Waals surface area contributed by atoms with Gasteiger partial charge in [-0.05, 0) is 89.8 Å². The van der Waals surface area contributed by atoms with Gasteiger partial charge in [-0.3, -0.25) is 13.9 Å². The monoisotopic (exact) mass is 783 g/mol. The third-order valence-corrected chi connectivity index (χ3v) is 10.8. The standard InChI is InChI=1S/C36H39Br2N3O5S/c1-5-26(3)39-36(43)33(21-27-9-7-6-8-10-27)40(23-28-13-15-29(37)16-14-28)35(42)24-41(30-17-11-25(2)12-18-30)47(44,45)31-19-20-34(46-4)32(38)22-31/h6-20,22,26,33H,5,21,23-24H2,1-4H3,(H,39,43)/t26-,33+/m1/s1. The van der Waals surface area contributed by atoms with E-state index in [1.54, 1.807) is 30.3 Å². The first-order valence-electron chi connectivity index (χ1n) is 15.2. The minimum Gasteiger partial charge on any atom is -0.496 e. The summed E-state index contributed by atoms with van der Waals surface area (Å²) in [5.74, 6) is -0.360. The molecule has 0 bridgehead atoms. The number of aryl methyl sites for hydroxylation is 1. The number of methoxy groups -OCH3 is 1. The number of halogens is 2. The van der Waals surface area contributed by atoms with Crippen LogP contribution in [0.2, 0.25) is 0 Å². The van der Waals surface area contributed by atoms with Crippen LogP contribution in [0.15, 0.2) is 111 Å². The van der Waals surface area contributed by atoms with Crippen LogP contribution in [-0.2, 0) is 32.6 Å². The molecule has 248 valence electrons. The molecule has 0 radical (unpaired) electrons. The Hall–Kier alpha value is -3.67. The van der Waals surface area contributed by atoms with Crippen molar-refractivity contribution in [1.82, 2.24) is 10.2 Å². The molecule has 2 amide bonds. The number of benzene rings is 4. The van der Waals surface area contributed by atoms with Crippen LogP contribution in [0.4, 0.5) is 5.69 Å². The number of amides is 2. The molecule has 0 aromatic heterocycles. The molecule has 0 saturated carbocycles. The first kappa shape index (κ1) is 36.2. The molecule has 0 fully saturated rings. The van der Waals surface area contributed by atoms with Crippen molar-refractivity contribution in [2.24, 2.45) is 0 Å². The summed E-state index contributed by atoms with van der Waals surface area (Å²) in [5.41, 5.74) is 2.92. The van der Waals surface area contributed by atoms with E-state index in [0.717, 1.165) is 25.5 Å². The van der Waals surface area contributed by atoms with Crippen LogP contribution in [0, 0.1) is 6.92 Å². The lowest BCUT2D eigenvalue weighted by Gasteiger charge is -2.34. The maximum atomic E-state index is 14.6. The summed E-state index contributed by atoms with van der Waals surface area (Å²) >= 11 is 6.86.